The van der Waals surface area contributed by atoms with Gasteiger partial charge in [-0.1, -0.05) is 11.2 Å². The Morgan fingerprint density at radius 1 is 1.44 bits per heavy atom. The summed E-state index contributed by atoms with van der Waals surface area (Å²) in [4.78, 5) is 13.4. The van der Waals surface area contributed by atoms with Crippen molar-refractivity contribution in [2.45, 2.75) is 19.4 Å². The molecule has 92 valence electrons. The summed E-state index contributed by atoms with van der Waals surface area (Å²) in [5.41, 5.74) is 1.88. The molecule has 1 unspecified atom stereocenters. The third-order valence-electron chi connectivity index (χ3n) is 2.82. The van der Waals surface area contributed by atoms with Gasteiger partial charge in [0.2, 0.25) is 0 Å². The van der Waals surface area contributed by atoms with E-state index in [1.165, 1.54) is 6.33 Å². The van der Waals surface area contributed by atoms with Gasteiger partial charge in [0.25, 0.3) is 0 Å². The summed E-state index contributed by atoms with van der Waals surface area (Å²) < 4.78 is 5.77. The Labute approximate surface area is 104 Å². The van der Waals surface area contributed by atoms with E-state index in [-0.39, 0.29) is 6.10 Å². The summed E-state index contributed by atoms with van der Waals surface area (Å²) in [6.45, 7) is 2.43. The first-order chi connectivity index (χ1) is 8.83. The molecule has 0 bridgehead atoms. The Morgan fingerprint density at radius 2 is 2.39 bits per heavy atom. The quantitative estimate of drug-likeness (QED) is 0.829. The largest absolute Gasteiger partial charge is 0.489 e. The molecule has 2 aromatic rings. The van der Waals surface area contributed by atoms with Gasteiger partial charge in [-0.3, -0.25) is 0 Å². The van der Waals surface area contributed by atoms with E-state index in [9.17, 15) is 0 Å². The average molecular weight is 243 g/mol. The average Bonchev–Trinajstić information content (AvgIpc) is 2.82. The first-order valence-corrected chi connectivity index (χ1v) is 5.84. The summed E-state index contributed by atoms with van der Waals surface area (Å²) in [7, 11) is 0. The molecule has 5 nitrogen and oxygen atoms in total. The van der Waals surface area contributed by atoms with Crippen LogP contribution in [0, 0.1) is 0 Å². The second kappa shape index (κ2) is 4.60. The Kier molecular flexibility index (Phi) is 2.80. The Hall–Kier alpha value is -2.17. The third-order valence-corrected chi connectivity index (χ3v) is 2.82. The molecule has 5 heteroatoms. The Morgan fingerprint density at radius 3 is 3.22 bits per heavy atom. The maximum atomic E-state index is 5.77. The molecule has 0 saturated heterocycles. The SMILES string of the molecule is CC1=NOC(COc2cccc3ncncc23)C1. The fourth-order valence-electron chi connectivity index (χ4n) is 1.94. The van der Waals surface area contributed by atoms with Crippen LogP contribution < -0.4 is 4.74 Å². The molecule has 0 amide bonds. The van der Waals surface area contributed by atoms with Gasteiger partial charge in [0, 0.05) is 12.6 Å². The second-order valence-corrected chi connectivity index (χ2v) is 4.28. The fraction of sp³-hybridized carbons (Fsp3) is 0.308. The van der Waals surface area contributed by atoms with Crippen molar-refractivity contribution < 1.29 is 9.57 Å². The van der Waals surface area contributed by atoms with Crippen molar-refractivity contribution in [1.29, 1.82) is 0 Å². The molecule has 18 heavy (non-hydrogen) atoms. The van der Waals surface area contributed by atoms with Gasteiger partial charge in [-0.25, -0.2) is 9.97 Å². The summed E-state index contributed by atoms with van der Waals surface area (Å²) in [6.07, 6.45) is 4.12. The predicted molar refractivity (Wildman–Crippen MR) is 67.6 cm³/mol. The van der Waals surface area contributed by atoms with Gasteiger partial charge in [-0.15, -0.1) is 0 Å². The second-order valence-electron chi connectivity index (χ2n) is 4.28. The lowest BCUT2D eigenvalue weighted by atomic mass is 10.2. The number of oxime groups is 1. The number of benzene rings is 1. The van der Waals surface area contributed by atoms with Crippen molar-refractivity contribution in [3.8, 4) is 5.75 Å². The van der Waals surface area contributed by atoms with Crippen LogP contribution in [-0.2, 0) is 4.84 Å². The van der Waals surface area contributed by atoms with Crippen LogP contribution in [0.15, 0.2) is 35.9 Å². The van der Waals surface area contributed by atoms with E-state index in [4.69, 9.17) is 9.57 Å². The number of rotatable bonds is 3. The molecule has 0 spiro atoms. The van der Waals surface area contributed by atoms with E-state index in [2.05, 4.69) is 15.1 Å². The highest BCUT2D eigenvalue weighted by molar-refractivity contribution is 5.84. The molecular formula is C13H13N3O2. The van der Waals surface area contributed by atoms with Crippen LogP contribution in [0.5, 0.6) is 5.75 Å². The van der Waals surface area contributed by atoms with Crippen LogP contribution in [0.1, 0.15) is 13.3 Å². The lowest BCUT2D eigenvalue weighted by Crippen LogP contribution is -2.17. The molecule has 0 aliphatic carbocycles. The zero-order valence-corrected chi connectivity index (χ0v) is 10.0. The normalized spacial score (nSPS) is 18.5. The number of fused-ring (bicyclic) bond motifs is 1. The highest BCUT2D eigenvalue weighted by atomic mass is 16.7. The summed E-state index contributed by atoms with van der Waals surface area (Å²) in [5.74, 6) is 0.779. The van der Waals surface area contributed by atoms with Crippen LogP contribution >= 0.6 is 0 Å². The molecule has 1 aromatic carbocycles. The third kappa shape index (κ3) is 2.11. The molecule has 0 N–H and O–H groups in total. The Balaban J connectivity index is 1.75. The van der Waals surface area contributed by atoms with Crippen LogP contribution in [-0.4, -0.2) is 28.4 Å². The smallest absolute Gasteiger partial charge is 0.166 e. The van der Waals surface area contributed by atoms with Gasteiger partial charge < -0.3 is 9.57 Å². The van der Waals surface area contributed by atoms with Gasteiger partial charge in [0.15, 0.2) is 6.10 Å². The molecule has 1 aromatic heterocycles. The summed E-state index contributed by atoms with van der Waals surface area (Å²) in [5, 5.41) is 4.82. The molecule has 2 heterocycles. The van der Waals surface area contributed by atoms with E-state index in [0.29, 0.717) is 6.61 Å². The van der Waals surface area contributed by atoms with Gasteiger partial charge in [0.1, 0.15) is 18.7 Å². The van der Waals surface area contributed by atoms with Crippen molar-refractivity contribution >= 4 is 16.6 Å². The van der Waals surface area contributed by atoms with E-state index in [1.54, 1.807) is 6.20 Å². The molecule has 1 aliphatic heterocycles. The number of ether oxygens (including phenoxy) is 1. The molecule has 3 rings (SSSR count). The molecule has 1 aliphatic rings. The van der Waals surface area contributed by atoms with Gasteiger partial charge in [-0.2, -0.15) is 0 Å². The van der Waals surface area contributed by atoms with Crippen LogP contribution in [0.4, 0.5) is 0 Å². The van der Waals surface area contributed by atoms with Gasteiger partial charge in [-0.05, 0) is 19.1 Å². The molecular weight excluding hydrogens is 230 g/mol. The Bertz CT molecular complexity index is 592. The molecule has 1 atom stereocenters. The predicted octanol–water partition coefficient (Wildman–Crippen LogP) is 2.17. The van der Waals surface area contributed by atoms with E-state index >= 15 is 0 Å². The van der Waals surface area contributed by atoms with Crippen molar-refractivity contribution in [3.05, 3.63) is 30.7 Å². The van der Waals surface area contributed by atoms with Crippen molar-refractivity contribution in [2.75, 3.05) is 6.61 Å². The van der Waals surface area contributed by atoms with E-state index < -0.39 is 0 Å². The maximum absolute atomic E-state index is 5.77. The standard InChI is InChI=1S/C13H13N3O2/c1-9-5-10(18-16-9)7-17-13-4-2-3-12-11(13)6-14-8-15-12/h2-4,6,8,10H,5,7H2,1H3. The van der Waals surface area contributed by atoms with Crippen LogP contribution in [0.2, 0.25) is 0 Å². The van der Waals surface area contributed by atoms with Crippen molar-refractivity contribution in [3.63, 3.8) is 0 Å². The first kappa shape index (κ1) is 11.0. The minimum absolute atomic E-state index is 0.00452. The number of hydrogen-bond acceptors (Lipinski definition) is 5. The fourth-order valence-corrected chi connectivity index (χ4v) is 1.94. The van der Waals surface area contributed by atoms with Crippen LogP contribution in [0.3, 0.4) is 0 Å². The maximum Gasteiger partial charge on any atom is 0.166 e. The number of aromatic nitrogens is 2. The highest BCUT2D eigenvalue weighted by Crippen LogP contribution is 2.23. The van der Waals surface area contributed by atoms with Crippen molar-refractivity contribution in [2.24, 2.45) is 5.16 Å². The number of nitrogens with zero attached hydrogens (tertiary/aromatic N) is 3. The lowest BCUT2D eigenvalue weighted by molar-refractivity contribution is 0.0475. The summed E-state index contributed by atoms with van der Waals surface area (Å²) in [6, 6.07) is 5.76. The van der Waals surface area contributed by atoms with Crippen LogP contribution in [0.25, 0.3) is 10.9 Å². The lowest BCUT2D eigenvalue weighted by Gasteiger charge is -2.11. The van der Waals surface area contributed by atoms with E-state index in [0.717, 1.165) is 28.8 Å². The minimum atomic E-state index is 0.00452. The molecule has 0 fully saturated rings. The monoisotopic (exact) mass is 243 g/mol. The zero-order valence-electron chi connectivity index (χ0n) is 10.0. The topological polar surface area (TPSA) is 56.6 Å². The van der Waals surface area contributed by atoms with Gasteiger partial charge >= 0.3 is 0 Å². The zero-order chi connectivity index (χ0) is 12.4. The van der Waals surface area contributed by atoms with Gasteiger partial charge in [0.05, 0.1) is 16.6 Å². The highest BCUT2D eigenvalue weighted by Gasteiger charge is 2.19. The summed E-state index contributed by atoms with van der Waals surface area (Å²) >= 11 is 0. The van der Waals surface area contributed by atoms with E-state index in [1.807, 2.05) is 25.1 Å². The van der Waals surface area contributed by atoms with Crippen molar-refractivity contribution in [1.82, 2.24) is 9.97 Å². The minimum Gasteiger partial charge on any atom is -0.489 e. The number of hydrogen-bond donors (Lipinski definition) is 0. The first-order valence-electron chi connectivity index (χ1n) is 5.84. The molecule has 0 saturated carbocycles. The molecule has 0 radical (unpaired) electrons.